The molecule has 0 heterocycles. The molecule has 4 rings (SSSR count). The molecule has 0 aromatic heterocycles. The number of hydrogen-bond donors (Lipinski definition) is 0. The minimum absolute atomic E-state index is 0.0625. The van der Waals surface area contributed by atoms with E-state index in [0.717, 1.165) is 27.8 Å². The molecule has 2 aromatic rings. The van der Waals surface area contributed by atoms with E-state index in [9.17, 15) is 8.42 Å². The van der Waals surface area contributed by atoms with Crippen molar-refractivity contribution in [2.75, 3.05) is 0 Å². The Morgan fingerprint density at radius 3 is 1.86 bits per heavy atom. The molecule has 144 valence electrons. The van der Waals surface area contributed by atoms with Gasteiger partial charge >= 0.3 is 0 Å². The first-order valence-corrected chi connectivity index (χ1v) is 11.1. The summed E-state index contributed by atoms with van der Waals surface area (Å²) in [5.41, 5.74) is 5.17. The summed E-state index contributed by atoms with van der Waals surface area (Å²) in [4.78, 5) is 0. The quantitative estimate of drug-likeness (QED) is 0.505. The van der Waals surface area contributed by atoms with Gasteiger partial charge in [-0.25, -0.2) is 15.0 Å². The number of allylic oxidation sites excluding steroid dienone is 3. The van der Waals surface area contributed by atoms with Crippen LogP contribution in [0.3, 0.4) is 0 Å². The highest BCUT2D eigenvalue weighted by Crippen LogP contribution is 2.58. The molecular weight excluding hydrogens is 364 g/mol. The fourth-order valence-electron chi connectivity index (χ4n) is 4.20. The first kappa shape index (κ1) is 18.8. The van der Waals surface area contributed by atoms with Crippen LogP contribution in [0.25, 0.3) is 5.57 Å². The van der Waals surface area contributed by atoms with Gasteiger partial charge in [0, 0.05) is 0 Å². The van der Waals surface area contributed by atoms with Crippen LogP contribution in [-0.2, 0) is 9.84 Å². The number of rotatable bonds is 3. The van der Waals surface area contributed by atoms with E-state index in [1.54, 1.807) is 20.8 Å². The van der Waals surface area contributed by atoms with E-state index in [2.05, 4.69) is 36.9 Å². The van der Waals surface area contributed by atoms with Crippen molar-refractivity contribution in [3.63, 3.8) is 0 Å². The fourth-order valence-corrected chi connectivity index (χ4v) is 5.87. The number of benzene rings is 2. The molecule has 0 amide bonds. The van der Waals surface area contributed by atoms with E-state index in [0.29, 0.717) is 5.25 Å². The SMILES string of the molecule is C=C1[C-](S(=O)(=O)C(C)(C)C)[C@@H]2C=C[C@H]1C2=C(c1ccccc1)c1ccccc1. The third-order valence-corrected chi connectivity index (χ3v) is 8.36. The van der Waals surface area contributed by atoms with E-state index in [4.69, 9.17) is 0 Å². The monoisotopic (exact) mass is 389 g/mol. The van der Waals surface area contributed by atoms with Gasteiger partial charge in [0.25, 0.3) is 0 Å². The van der Waals surface area contributed by atoms with Crippen molar-refractivity contribution in [3.05, 3.63) is 107 Å². The lowest BCUT2D eigenvalue weighted by molar-refractivity contribution is 0.558. The smallest absolute Gasteiger partial charge is 0.114 e. The van der Waals surface area contributed by atoms with Crippen molar-refractivity contribution in [1.29, 1.82) is 0 Å². The Morgan fingerprint density at radius 2 is 1.39 bits per heavy atom. The molecule has 2 aliphatic rings. The van der Waals surface area contributed by atoms with Crippen molar-refractivity contribution >= 4 is 15.4 Å². The zero-order chi connectivity index (χ0) is 20.1. The summed E-state index contributed by atoms with van der Waals surface area (Å²) >= 11 is 0. The zero-order valence-corrected chi connectivity index (χ0v) is 17.3. The molecule has 2 aliphatic carbocycles. The Hall–Kier alpha value is -2.52. The largest absolute Gasteiger partial charge is 0.242 e. The molecule has 0 N–H and O–H groups in total. The maximum absolute atomic E-state index is 13.3. The van der Waals surface area contributed by atoms with E-state index < -0.39 is 14.6 Å². The molecular formula is C25H25O2S-. The lowest BCUT2D eigenvalue weighted by Gasteiger charge is -2.36. The molecule has 2 nitrogen and oxygen atoms in total. The summed E-state index contributed by atoms with van der Waals surface area (Å²) in [7, 11) is -3.46. The predicted molar refractivity (Wildman–Crippen MR) is 116 cm³/mol. The normalized spacial score (nSPS) is 21.5. The predicted octanol–water partition coefficient (Wildman–Crippen LogP) is 5.61. The maximum Gasteiger partial charge on any atom is 0.114 e. The average Bonchev–Trinajstić information content (AvgIpc) is 3.18. The molecule has 2 bridgehead atoms. The highest BCUT2D eigenvalue weighted by Gasteiger charge is 2.47. The summed E-state index contributed by atoms with van der Waals surface area (Å²) in [6.07, 6.45) is 4.15. The molecule has 28 heavy (non-hydrogen) atoms. The third kappa shape index (κ3) is 2.77. The molecule has 1 fully saturated rings. The van der Waals surface area contributed by atoms with Crippen molar-refractivity contribution < 1.29 is 8.42 Å². The van der Waals surface area contributed by atoms with Crippen LogP contribution in [0.15, 0.2) is 90.5 Å². The van der Waals surface area contributed by atoms with Crippen LogP contribution < -0.4 is 0 Å². The van der Waals surface area contributed by atoms with Crippen molar-refractivity contribution in [3.8, 4) is 0 Å². The van der Waals surface area contributed by atoms with E-state index in [1.165, 1.54) is 0 Å². The highest BCUT2D eigenvalue weighted by atomic mass is 32.2. The van der Waals surface area contributed by atoms with Gasteiger partial charge in [0.15, 0.2) is 0 Å². The summed E-state index contributed by atoms with van der Waals surface area (Å²) in [6, 6.07) is 20.5. The van der Waals surface area contributed by atoms with E-state index >= 15 is 0 Å². The Kier molecular flexibility index (Phi) is 4.39. The summed E-state index contributed by atoms with van der Waals surface area (Å²) in [5.74, 6) is -0.301. The number of hydrogen-bond acceptors (Lipinski definition) is 2. The van der Waals surface area contributed by atoms with Gasteiger partial charge in [-0.05, 0) is 49.3 Å². The van der Waals surface area contributed by atoms with Gasteiger partial charge in [0.2, 0.25) is 0 Å². The van der Waals surface area contributed by atoms with Crippen LogP contribution in [-0.4, -0.2) is 13.2 Å². The Labute approximate surface area is 168 Å². The molecule has 1 saturated carbocycles. The first-order valence-electron chi connectivity index (χ1n) is 9.57. The zero-order valence-electron chi connectivity index (χ0n) is 16.5. The Bertz CT molecular complexity index is 1030. The molecule has 2 aromatic carbocycles. The van der Waals surface area contributed by atoms with Crippen LogP contribution in [0.4, 0.5) is 0 Å². The van der Waals surface area contributed by atoms with Gasteiger partial charge in [-0.1, -0.05) is 83.6 Å². The minimum Gasteiger partial charge on any atom is -0.242 e. The van der Waals surface area contributed by atoms with Gasteiger partial charge in [-0.3, -0.25) is 0 Å². The summed E-state index contributed by atoms with van der Waals surface area (Å²) < 4.78 is 25.8. The molecule has 0 spiro atoms. The molecule has 3 heteroatoms. The summed E-state index contributed by atoms with van der Waals surface area (Å²) in [5, 5.41) is 0.492. The first-order chi connectivity index (χ1) is 13.2. The number of fused-ring (bicyclic) bond motifs is 2. The van der Waals surface area contributed by atoms with Crippen LogP contribution in [0, 0.1) is 17.1 Å². The Morgan fingerprint density at radius 1 is 0.893 bits per heavy atom. The minimum atomic E-state index is -3.46. The van der Waals surface area contributed by atoms with Crippen molar-refractivity contribution in [2.45, 2.75) is 25.5 Å². The molecule has 0 radical (unpaired) electrons. The third-order valence-electron chi connectivity index (χ3n) is 5.65. The topological polar surface area (TPSA) is 34.1 Å². The molecule has 0 saturated heterocycles. The second-order valence-corrected chi connectivity index (χ2v) is 11.1. The van der Waals surface area contributed by atoms with E-state index in [-0.39, 0.29) is 11.8 Å². The number of sulfone groups is 1. The van der Waals surface area contributed by atoms with Crippen LogP contribution in [0.5, 0.6) is 0 Å². The highest BCUT2D eigenvalue weighted by molar-refractivity contribution is 7.95. The molecule has 2 atom stereocenters. The van der Waals surface area contributed by atoms with Crippen LogP contribution in [0.2, 0.25) is 0 Å². The van der Waals surface area contributed by atoms with Crippen LogP contribution in [0.1, 0.15) is 31.9 Å². The van der Waals surface area contributed by atoms with Crippen molar-refractivity contribution in [1.82, 2.24) is 0 Å². The van der Waals surface area contributed by atoms with Gasteiger partial charge in [0.05, 0.1) is 4.75 Å². The van der Waals surface area contributed by atoms with Gasteiger partial charge < -0.3 is 0 Å². The average molecular weight is 390 g/mol. The lowest BCUT2D eigenvalue weighted by atomic mass is 9.87. The summed E-state index contributed by atoms with van der Waals surface area (Å²) in [6.45, 7) is 9.50. The second kappa shape index (κ2) is 6.52. The van der Waals surface area contributed by atoms with Gasteiger partial charge in [0.1, 0.15) is 9.84 Å². The second-order valence-electron chi connectivity index (χ2n) is 8.41. The standard InChI is InChI=1S/C25H25O2S/c1-17-20-15-16-21(24(17)28(26,27)25(2,3)4)23(20)22(18-11-7-5-8-12-18)19-13-9-6-10-14-19/h5-16,20-21H,1H2,2-4H3/q-1/t20-,21-/m1/s1. The fraction of sp³-hybridized carbons (Fsp3) is 0.240. The lowest BCUT2D eigenvalue weighted by Crippen LogP contribution is -2.35. The Balaban J connectivity index is 1.96. The van der Waals surface area contributed by atoms with E-state index in [1.807, 2.05) is 42.5 Å². The maximum atomic E-state index is 13.3. The molecule has 0 unspecified atom stereocenters. The van der Waals surface area contributed by atoms with Gasteiger partial charge in [-0.15, -0.1) is 0 Å². The van der Waals surface area contributed by atoms with Gasteiger partial charge in [-0.2, -0.15) is 5.57 Å². The van der Waals surface area contributed by atoms with Crippen molar-refractivity contribution in [2.24, 2.45) is 11.8 Å². The molecule has 0 aliphatic heterocycles. The van der Waals surface area contributed by atoms with Crippen LogP contribution >= 0.6 is 0 Å².